The van der Waals surface area contributed by atoms with Crippen LogP contribution in [0.3, 0.4) is 0 Å². The molecule has 5 aliphatic rings. The molecule has 1 saturated heterocycles. The van der Waals surface area contributed by atoms with Crippen molar-refractivity contribution in [3.05, 3.63) is 0 Å². The van der Waals surface area contributed by atoms with Crippen LogP contribution in [-0.2, 0) is 0 Å². The molecular weight excluding hydrogens is 234 g/mol. The van der Waals surface area contributed by atoms with Crippen LogP contribution in [0, 0.1) is 23.2 Å². The Morgan fingerprint density at radius 1 is 1.00 bits per heavy atom. The second kappa shape index (κ2) is 3.76. The maximum absolute atomic E-state index is 11.2. The molecule has 0 aromatic rings. The molecule has 108 valence electrons. The molecule has 0 radical (unpaired) electrons. The molecule has 0 spiro atoms. The molecule has 2 nitrogen and oxygen atoms in total. The van der Waals surface area contributed by atoms with Crippen molar-refractivity contribution < 1.29 is 5.11 Å². The average Bonchev–Trinajstić information content (AvgIpc) is 2.49. The van der Waals surface area contributed by atoms with E-state index in [1.165, 1.54) is 38.5 Å². The highest BCUT2D eigenvalue weighted by Gasteiger charge is 2.57. The van der Waals surface area contributed by atoms with Crippen molar-refractivity contribution in [1.82, 2.24) is 5.32 Å². The van der Waals surface area contributed by atoms with Crippen LogP contribution >= 0.6 is 0 Å². The third-order valence-corrected chi connectivity index (χ3v) is 7.10. The van der Waals surface area contributed by atoms with E-state index < -0.39 is 5.60 Å². The van der Waals surface area contributed by atoms with Crippen LogP contribution in [0.2, 0.25) is 0 Å². The zero-order chi connectivity index (χ0) is 13.3. The summed E-state index contributed by atoms with van der Waals surface area (Å²) in [6.45, 7) is 5.37. The largest absolute Gasteiger partial charge is 0.388 e. The number of nitrogens with one attached hydrogen (secondary N) is 1. The van der Waals surface area contributed by atoms with Crippen LogP contribution in [-0.4, -0.2) is 22.8 Å². The minimum Gasteiger partial charge on any atom is -0.388 e. The summed E-state index contributed by atoms with van der Waals surface area (Å²) >= 11 is 0. The molecule has 4 aliphatic carbocycles. The quantitative estimate of drug-likeness (QED) is 0.802. The zero-order valence-electron chi connectivity index (χ0n) is 12.5. The number of aliphatic hydroxyl groups is 1. The molecule has 5 rings (SSSR count). The van der Waals surface area contributed by atoms with Crippen molar-refractivity contribution in [2.45, 2.75) is 76.4 Å². The Morgan fingerprint density at radius 3 is 1.95 bits per heavy atom. The fourth-order valence-electron chi connectivity index (χ4n) is 6.50. The van der Waals surface area contributed by atoms with Gasteiger partial charge in [0.25, 0.3) is 0 Å². The second-order valence-electron chi connectivity index (χ2n) is 8.93. The highest BCUT2D eigenvalue weighted by molar-refractivity contribution is 5.11. The maximum atomic E-state index is 11.2. The van der Waals surface area contributed by atoms with E-state index in [2.05, 4.69) is 19.2 Å². The average molecular weight is 263 g/mol. The first-order chi connectivity index (χ1) is 8.90. The second-order valence-corrected chi connectivity index (χ2v) is 8.93. The summed E-state index contributed by atoms with van der Waals surface area (Å²) in [6.07, 6.45) is 10.7. The minimum atomic E-state index is -0.474. The number of hydrogen-bond donors (Lipinski definition) is 2. The molecule has 5 fully saturated rings. The number of rotatable bonds is 2. The molecule has 4 saturated carbocycles. The Bertz CT molecular complexity index is 353. The van der Waals surface area contributed by atoms with Crippen molar-refractivity contribution in [2.75, 3.05) is 6.54 Å². The molecule has 0 aromatic carbocycles. The molecule has 1 unspecified atom stereocenters. The van der Waals surface area contributed by atoms with Gasteiger partial charge in [0, 0.05) is 5.54 Å². The Hall–Kier alpha value is -0.0800. The monoisotopic (exact) mass is 263 g/mol. The van der Waals surface area contributed by atoms with Crippen molar-refractivity contribution in [3.63, 3.8) is 0 Å². The molecule has 2 N–H and O–H groups in total. The van der Waals surface area contributed by atoms with Crippen LogP contribution in [0.25, 0.3) is 0 Å². The molecule has 1 aliphatic heterocycles. The minimum absolute atomic E-state index is 0.101. The number of hydrogen-bond acceptors (Lipinski definition) is 2. The lowest BCUT2D eigenvalue weighted by Crippen LogP contribution is -2.57. The summed E-state index contributed by atoms with van der Waals surface area (Å²) in [7, 11) is 0. The van der Waals surface area contributed by atoms with Crippen molar-refractivity contribution in [2.24, 2.45) is 23.2 Å². The van der Waals surface area contributed by atoms with Crippen LogP contribution in [0.4, 0.5) is 0 Å². The van der Waals surface area contributed by atoms with Crippen LogP contribution in [0.15, 0.2) is 0 Å². The smallest absolute Gasteiger partial charge is 0.0840 e. The molecular formula is C17H29NO. The van der Waals surface area contributed by atoms with Crippen LogP contribution in [0.1, 0.15) is 65.2 Å². The maximum Gasteiger partial charge on any atom is 0.0840 e. The van der Waals surface area contributed by atoms with Gasteiger partial charge in [-0.25, -0.2) is 0 Å². The summed E-state index contributed by atoms with van der Waals surface area (Å²) in [6, 6.07) is 0. The van der Waals surface area contributed by atoms with Gasteiger partial charge >= 0.3 is 0 Å². The van der Waals surface area contributed by atoms with Crippen LogP contribution < -0.4 is 5.32 Å². The van der Waals surface area contributed by atoms with Gasteiger partial charge in [-0.2, -0.15) is 0 Å². The summed E-state index contributed by atoms with van der Waals surface area (Å²) in [4.78, 5) is 0. The lowest BCUT2D eigenvalue weighted by atomic mass is 9.47. The van der Waals surface area contributed by atoms with Gasteiger partial charge in [-0.1, -0.05) is 0 Å². The highest BCUT2D eigenvalue weighted by Crippen LogP contribution is 2.63. The first kappa shape index (κ1) is 12.6. The van der Waals surface area contributed by atoms with Crippen LogP contribution in [0.5, 0.6) is 0 Å². The first-order valence-corrected chi connectivity index (χ1v) is 8.37. The molecule has 0 aromatic heterocycles. The van der Waals surface area contributed by atoms with Gasteiger partial charge in [0.15, 0.2) is 0 Å². The molecule has 19 heavy (non-hydrogen) atoms. The molecule has 1 atom stereocenters. The standard InChI is InChI=1S/C17H29NO/c1-15(2)17(19,3-4-18-15)11-16-8-12-5-13(9-16)7-14(6-12)10-16/h12-14,18-19H,3-11H2,1-2H3. The Labute approximate surface area is 117 Å². The zero-order valence-corrected chi connectivity index (χ0v) is 12.5. The normalized spacial score (nSPS) is 54.8. The Kier molecular flexibility index (Phi) is 2.50. The van der Waals surface area contributed by atoms with Crippen molar-refractivity contribution in [3.8, 4) is 0 Å². The topological polar surface area (TPSA) is 32.3 Å². The van der Waals surface area contributed by atoms with E-state index in [4.69, 9.17) is 0 Å². The summed E-state index contributed by atoms with van der Waals surface area (Å²) in [5.74, 6) is 2.98. The van der Waals surface area contributed by atoms with E-state index in [0.717, 1.165) is 37.1 Å². The van der Waals surface area contributed by atoms with Gasteiger partial charge in [-0.15, -0.1) is 0 Å². The van der Waals surface area contributed by atoms with Gasteiger partial charge in [0.2, 0.25) is 0 Å². The SMILES string of the molecule is CC1(C)NCCC1(O)CC12CC3CC(CC(C3)C1)C2. The molecule has 1 heterocycles. The third kappa shape index (κ3) is 1.82. The van der Waals surface area contributed by atoms with Crippen molar-refractivity contribution >= 4 is 0 Å². The van der Waals surface area contributed by atoms with Crippen molar-refractivity contribution in [1.29, 1.82) is 0 Å². The summed E-state index contributed by atoms with van der Waals surface area (Å²) in [5.41, 5.74) is -0.0816. The van der Waals surface area contributed by atoms with Gasteiger partial charge in [0.1, 0.15) is 0 Å². The fourth-order valence-corrected chi connectivity index (χ4v) is 6.50. The molecule has 4 bridgehead atoms. The summed E-state index contributed by atoms with van der Waals surface area (Å²) in [5, 5.41) is 14.7. The molecule has 2 heteroatoms. The van der Waals surface area contributed by atoms with Gasteiger partial charge in [-0.05, 0) is 94.9 Å². The summed E-state index contributed by atoms with van der Waals surface area (Å²) < 4.78 is 0. The van der Waals surface area contributed by atoms with E-state index in [1.54, 1.807) is 0 Å². The predicted octanol–water partition coefficient (Wildman–Crippen LogP) is 3.10. The lowest BCUT2D eigenvalue weighted by molar-refractivity contribution is -0.118. The van der Waals surface area contributed by atoms with E-state index in [9.17, 15) is 5.11 Å². The van der Waals surface area contributed by atoms with E-state index in [-0.39, 0.29) is 5.54 Å². The van der Waals surface area contributed by atoms with Gasteiger partial charge in [0.05, 0.1) is 5.60 Å². The Morgan fingerprint density at radius 2 is 1.53 bits per heavy atom. The lowest BCUT2D eigenvalue weighted by Gasteiger charge is -2.59. The van der Waals surface area contributed by atoms with E-state index >= 15 is 0 Å². The van der Waals surface area contributed by atoms with E-state index in [1.807, 2.05) is 0 Å². The van der Waals surface area contributed by atoms with Gasteiger partial charge in [-0.3, -0.25) is 0 Å². The Balaban J connectivity index is 1.59. The van der Waals surface area contributed by atoms with Gasteiger partial charge < -0.3 is 10.4 Å². The third-order valence-electron chi connectivity index (χ3n) is 7.10. The fraction of sp³-hybridized carbons (Fsp3) is 1.00. The first-order valence-electron chi connectivity index (χ1n) is 8.37. The highest BCUT2D eigenvalue weighted by atomic mass is 16.3. The molecule has 0 amide bonds. The predicted molar refractivity (Wildman–Crippen MR) is 76.9 cm³/mol. The van der Waals surface area contributed by atoms with E-state index in [0.29, 0.717) is 5.41 Å².